The van der Waals surface area contributed by atoms with Crippen LogP contribution >= 0.6 is 0 Å². The quantitative estimate of drug-likeness (QED) is 0.540. The van der Waals surface area contributed by atoms with Gasteiger partial charge in [-0.3, -0.25) is 9.59 Å². The molecule has 20 heavy (non-hydrogen) atoms. The molecule has 0 aromatic heterocycles. The molecule has 1 unspecified atom stereocenters. The third kappa shape index (κ3) is 2.46. The summed E-state index contributed by atoms with van der Waals surface area (Å²) in [7, 11) is 0. The van der Waals surface area contributed by atoms with Crippen molar-refractivity contribution in [3.63, 3.8) is 0 Å². The molecular formula is C12H11F3N2O3. The van der Waals surface area contributed by atoms with Gasteiger partial charge in [0.1, 0.15) is 5.82 Å². The summed E-state index contributed by atoms with van der Waals surface area (Å²) in [5.41, 5.74) is -2.65. The molecule has 1 aliphatic heterocycles. The van der Waals surface area contributed by atoms with Gasteiger partial charge in [-0.2, -0.15) is 0 Å². The van der Waals surface area contributed by atoms with Gasteiger partial charge in [0, 0.05) is 31.1 Å². The average molecular weight is 288 g/mol. The van der Waals surface area contributed by atoms with E-state index in [1.807, 2.05) is 0 Å². The van der Waals surface area contributed by atoms with Crippen LogP contribution in [0.3, 0.4) is 0 Å². The van der Waals surface area contributed by atoms with Crippen molar-refractivity contribution in [2.45, 2.75) is 18.6 Å². The van der Waals surface area contributed by atoms with E-state index in [0.717, 1.165) is 6.07 Å². The molecule has 5 nitrogen and oxygen atoms in total. The Morgan fingerprint density at radius 1 is 1.40 bits per heavy atom. The van der Waals surface area contributed by atoms with Crippen molar-refractivity contribution in [1.29, 1.82) is 0 Å². The Bertz CT molecular complexity index is 579. The minimum Gasteiger partial charge on any atom is -0.372 e. The Labute approximate surface area is 111 Å². The van der Waals surface area contributed by atoms with E-state index in [0.29, 0.717) is 6.07 Å². The highest BCUT2D eigenvalue weighted by Crippen LogP contribution is 2.17. The molecule has 0 saturated carbocycles. The molecule has 2 amide bonds. The Balaban J connectivity index is 2.10. The van der Waals surface area contributed by atoms with Crippen molar-refractivity contribution >= 4 is 11.8 Å². The van der Waals surface area contributed by atoms with E-state index < -0.39 is 47.0 Å². The summed E-state index contributed by atoms with van der Waals surface area (Å²) in [5, 5.41) is 14.2. The summed E-state index contributed by atoms with van der Waals surface area (Å²) < 4.78 is 39.2. The zero-order valence-corrected chi connectivity index (χ0v) is 10.2. The van der Waals surface area contributed by atoms with Crippen molar-refractivity contribution in [3.8, 4) is 0 Å². The van der Waals surface area contributed by atoms with Gasteiger partial charge < -0.3 is 15.7 Å². The van der Waals surface area contributed by atoms with Crippen molar-refractivity contribution in [2.24, 2.45) is 0 Å². The average Bonchev–Trinajstić information content (AvgIpc) is 2.73. The van der Waals surface area contributed by atoms with Crippen molar-refractivity contribution in [2.75, 3.05) is 6.54 Å². The van der Waals surface area contributed by atoms with Crippen molar-refractivity contribution in [3.05, 3.63) is 35.1 Å². The molecule has 1 aliphatic rings. The number of rotatable bonds is 3. The number of nitrogens with one attached hydrogen (secondary N) is 2. The second-order valence-electron chi connectivity index (χ2n) is 4.41. The molecule has 1 aromatic rings. The predicted molar refractivity (Wildman–Crippen MR) is 60.7 cm³/mol. The van der Waals surface area contributed by atoms with Gasteiger partial charge >= 0.3 is 0 Å². The van der Waals surface area contributed by atoms with Gasteiger partial charge in [0.15, 0.2) is 11.6 Å². The molecule has 2 rings (SSSR count). The number of carbonyl (C=O) groups is 2. The number of hydrogen-bond acceptors (Lipinski definition) is 3. The molecule has 8 heteroatoms. The fourth-order valence-corrected chi connectivity index (χ4v) is 1.89. The van der Waals surface area contributed by atoms with Crippen LogP contribution in [0.5, 0.6) is 0 Å². The number of amides is 2. The maximum absolute atomic E-state index is 13.3. The van der Waals surface area contributed by atoms with E-state index in [1.165, 1.54) is 0 Å². The van der Waals surface area contributed by atoms with Gasteiger partial charge in [-0.15, -0.1) is 0 Å². The van der Waals surface area contributed by atoms with Gasteiger partial charge in [0.25, 0.3) is 11.8 Å². The lowest BCUT2D eigenvalue weighted by molar-refractivity contribution is -0.150. The summed E-state index contributed by atoms with van der Waals surface area (Å²) in [6.45, 7) is -0.416. The van der Waals surface area contributed by atoms with Crippen LogP contribution in [0.1, 0.15) is 12.0 Å². The highest BCUT2D eigenvalue weighted by molar-refractivity contribution is 6.09. The monoisotopic (exact) mass is 288 g/mol. The third-order valence-electron chi connectivity index (χ3n) is 3.03. The Hall–Kier alpha value is -2.09. The fourth-order valence-electron chi connectivity index (χ4n) is 1.89. The number of aliphatic hydroxyl groups is 1. The molecule has 1 heterocycles. The minimum atomic E-state index is -2.23. The van der Waals surface area contributed by atoms with E-state index >= 15 is 0 Å². The van der Waals surface area contributed by atoms with Crippen LogP contribution in [-0.4, -0.2) is 29.1 Å². The number of benzene rings is 1. The first kappa shape index (κ1) is 14.3. The second-order valence-corrected chi connectivity index (χ2v) is 4.41. The van der Waals surface area contributed by atoms with E-state index in [2.05, 4.69) is 10.6 Å². The molecule has 0 bridgehead atoms. The predicted octanol–water partition coefficient (Wildman–Crippen LogP) is -0.0289. The molecule has 1 saturated heterocycles. The molecule has 3 N–H and O–H groups in total. The van der Waals surface area contributed by atoms with Crippen molar-refractivity contribution in [1.82, 2.24) is 10.6 Å². The highest BCUT2D eigenvalue weighted by atomic mass is 19.2. The smallest absolute Gasteiger partial charge is 0.262 e. The maximum Gasteiger partial charge on any atom is 0.262 e. The first-order chi connectivity index (χ1) is 9.34. The molecule has 0 radical (unpaired) electrons. The molecule has 1 fully saturated rings. The standard InChI is InChI=1S/C12H11F3N2O3/c13-7-3-6(9(15)8(14)4-7)5-17-11(19)12(20)1-2-16-10(12)18/h3-4,20H,1-2,5H2,(H,16,18)(H,17,19). The topological polar surface area (TPSA) is 78.4 Å². The van der Waals surface area contributed by atoms with E-state index in [9.17, 15) is 27.9 Å². The van der Waals surface area contributed by atoms with Crippen LogP contribution in [0.15, 0.2) is 12.1 Å². The van der Waals surface area contributed by atoms with Gasteiger partial charge in [0.05, 0.1) is 0 Å². The lowest BCUT2D eigenvalue weighted by Gasteiger charge is -2.18. The van der Waals surface area contributed by atoms with Gasteiger partial charge in [0.2, 0.25) is 5.60 Å². The molecule has 1 atom stereocenters. The van der Waals surface area contributed by atoms with Gasteiger partial charge in [-0.1, -0.05) is 0 Å². The fraction of sp³-hybridized carbons (Fsp3) is 0.333. The molecule has 1 aromatic carbocycles. The van der Waals surface area contributed by atoms with Crippen molar-refractivity contribution < 1.29 is 27.9 Å². The van der Waals surface area contributed by atoms with Gasteiger partial charge in [-0.05, 0) is 6.07 Å². The number of halogens is 3. The Morgan fingerprint density at radius 2 is 2.10 bits per heavy atom. The Kier molecular flexibility index (Phi) is 3.67. The highest BCUT2D eigenvalue weighted by Gasteiger charge is 2.47. The normalized spacial score (nSPS) is 21.7. The lowest BCUT2D eigenvalue weighted by Crippen LogP contribution is -2.51. The number of carbonyl (C=O) groups excluding carboxylic acids is 2. The zero-order chi connectivity index (χ0) is 14.9. The summed E-state index contributed by atoms with van der Waals surface area (Å²) in [5.74, 6) is -5.58. The molecule has 0 spiro atoms. The first-order valence-corrected chi connectivity index (χ1v) is 5.77. The first-order valence-electron chi connectivity index (χ1n) is 5.77. The third-order valence-corrected chi connectivity index (χ3v) is 3.03. The van der Waals surface area contributed by atoms with Crippen LogP contribution in [-0.2, 0) is 16.1 Å². The van der Waals surface area contributed by atoms with Gasteiger partial charge in [-0.25, -0.2) is 13.2 Å². The van der Waals surface area contributed by atoms with E-state index in [4.69, 9.17) is 0 Å². The van der Waals surface area contributed by atoms with Crippen LogP contribution in [0.2, 0.25) is 0 Å². The lowest BCUT2D eigenvalue weighted by atomic mass is 10.0. The van der Waals surface area contributed by atoms with Crippen LogP contribution in [0, 0.1) is 17.5 Å². The summed E-state index contributed by atoms with van der Waals surface area (Å²) in [4.78, 5) is 23.0. The molecule has 108 valence electrons. The maximum atomic E-state index is 13.3. The molecular weight excluding hydrogens is 277 g/mol. The number of hydrogen-bond donors (Lipinski definition) is 3. The zero-order valence-electron chi connectivity index (χ0n) is 10.2. The largest absolute Gasteiger partial charge is 0.372 e. The Morgan fingerprint density at radius 3 is 2.70 bits per heavy atom. The van der Waals surface area contributed by atoms with E-state index in [-0.39, 0.29) is 13.0 Å². The summed E-state index contributed by atoms with van der Waals surface area (Å²) >= 11 is 0. The van der Waals surface area contributed by atoms with Crippen LogP contribution < -0.4 is 10.6 Å². The second kappa shape index (κ2) is 5.12. The minimum absolute atomic E-state index is 0.127. The molecule has 0 aliphatic carbocycles. The SMILES string of the molecule is O=C1NCCC1(O)C(=O)NCc1cc(F)cc(F)c1F. The van der Waals surface area contributed by atoms with Crippen LogP contribution in [0.4, 0.5) is 13.2 Å². The van der Waals surface area contributed by atoms with Crippen LogP contribution in [0.25, 0.3) is 0 Å². The summed E-state index contributed by atoms with van der Waals surface area (Å²) in [6, 6.07) is 1.09. The summed E-state index contributed by atoms with van der Waals surface area (Å²) in [6.07, 6.45) is -0.127. The van der Waals surface area contributed by atoms with E-state index in [1.54, 1.807) is 0 Å².